The van der Waals surface area contributed by atoms with E-state index in [1.165, 1.54) is 0 Å². The van der Waals surface area contributed by atoms with E-state index in [-0.39, 0.29) is 6.10 Å². The molecule has 1 aromatic rings. The Morgan fingerprint density at radius 3 is 2.93 bits per heavy atom. The normalized spacial score (nSPS) is 18.3. The van der Waals surface area contributed by atoms with Gasteiger partial charge in [-0.15, -0.1) is 0 Å². The summed E-state index contributed by atoms with van der Waals surface area (Å²) in [5.74, 6) is 1.42. The van der Waals surface area contributed by atoms with E-state index in [2.05, 4.69) is 5.32 Å². The number of rotatable bonds is 2. The van der Waals surface area contributed by atoms with Crippen molar-refractivity contribution in [1.82, 2.24) is 5.32 Å². The molecule has 2 rings (SSSR count). The molecule has 1 unspecified atom stereocenters. The second-order valence-electron chi connectivity index (χ2n) is 3.24. The smallest absolute Gasteiger partial charge is 0.312 e. The maximum atomic E-state index is 10.5. The monoisotopic (exact) mass is 208 g/mol. The maximum absolute atomic E-state index is 10.5. The van der Waals surface area contributed by atoms with Crippen molar-refractivity contribution in [3.63, 3.8) is 0 Å². The van der Waals surface area contributed by atoms with E-state index < -0.39 is 6.03 Å². The lowest BCUT2D eigenvalue weighted by atomic mass is 10.2. The molecule has 3 N–H and O–H groups in total. The second kappa shape index (κ2) is 4.08. The lowest BCUT2D eigenvalue weighted by Gasteiger charge is -2.26. The van der Waals surface area contributed by atoms with Crippen LogP contribution in [0.2, 0.25) is 0 Å². The molecular formula is C10H12N2O3. The van der Waals surface area contributed by atoms with Crippen molar-refractivity contribution >= 4 is 6.03 Å². The lowest BCUT2D eigenvalue weighted by molar-refractivity contribution is 0.0921. The standard InChI is InChI=1S/C10H12N2O3/c11-10(13)12-5-7-6-14-8-3-1-2-4-9(8)15-7/h1-4,7H,5-6H2,(H3,11,12,13). The third-order valence-electron chi connectivity index (χ3n) is 2.07. The van der Waals surface area contributed by atoms with E-state index in [9.17, 15) is 4.79 Å². The molecule has 5 nitrogen and oxygen atoms in total. The van der Waals surface area contributed by atoms with Crippen LogP contribution >= 0.6 is 0 Å². The number of urea groups is 1. The summed E-state index contributed by atoms with van der Waals surface area (Å²) in [5.41, 5.74) is 4.96. The second-order valence-corrected chi connectivity index (χ2v) is 3.24. The van der Waals surface area contributed by atoms with Crippen molar-refractivity contribution < 1.29 is 14.3 Å². The molecule has 0 aromatic heterocycles. The third-order valence-corrected chi connectivity index (χ3v) is 2.07. The van der Waals surface area contributed by atoms with Gasteiger partial charge in [-0.1, -0.05) is 12.1 Å². The van der Waals surface area contributed by atoms with Gasteiger partial charge < -0.3 is 20.5 Å². The molecule has 0 spiro atoms. The zero-order valence-corrected chi connectivity index (χ0v) is 8.10. The number of nitrogens with one attached hydrogen (secondary N) is 1. The Labute approximate surface area is 87.2 Å². The summed E-state index contributed by atoms with van der Waals surface area (Å²) in [5, 5.41) is 2.48. The first-order chi connectivity index (χ1) is 7.25. The Hall–Kier alpha value is -1.91. The molecule has 1 aromatic carbocycles. The van der Waals surface area contributed by atoms with Crippen LogP contribution in [0.1, 0.15) is 0 Å². The molecule has 1 aliphatic heterocycles. The molecule has 0 radical (unpaired) electrons. The van der Waals surface area contributed by atoms with Crippen LogP contribution in [0.3, 0.4) is 0 Å². The number of primary amides is 1. The highest BCUT2D eigenvalue weighted by Crippen LogP contribution is 2.30. The van der Waals surface area contributed by atoms with E-state index in [1.807, 2.05) is 24.3 Å². The van der Waals surface area contributed by atoms with Gasteiger partial charge in [-0.05, 0) is 12.1 Å². The number of hydrogen-bond acceptors (Lipinski definition) is 3. The molecule has 5 heteroatoms. The van der Waals surface area contributed by atoms with Crippen molar-refractivity contribution in [1.29, 1.82) is 0 Å². The molecule has 0 bridgehead atoms. The van der Waals surface area contributed by atoms with Crippen LogP contribution in [0.5, 0.6) is 11.5 Å². The molecule has 0 saturated heterocycles. The SMILES string of the molecule is NC(=O)NCC1COc2ccccc2O1. The first-order valence-electron chi connectivity index (χ1n) is 4.67. The Morgan fingerprint density at radius 2 is 2.20 bits per heavy atom. The van der Waals surface area contributed by atoms with Gasteiger partial charge in [0.2, 0.25) is 0 Å². The largest absolute Gasteiger partial charge is 0.486 e. The fourth-order valence-corrected chi connectivity index (χ4v) is 1.38. The van der Waals surface area contributed by atoms with E-state index >= 15 is 0 Å². The number of fused-ring (bicyclic) bond motifs is 1. The summed E-state index contributed by atoms with van der Waals surface area (Å²) >= 11 is 0. The number of ether oxygens (including phenoxy) is 2. The topological polar surface area (TPSA) is 73.6 Å². The van der Waals surface area contributed by atoms with Gasteiger partial charge in [0.05, 0.1) is 6.54 Å². The predicted molar refractivity (Wildman–Crippen MR) is 53.9 cm³/mol. The number of hydrogen-bond donors (Lipinski definition) is 2. The number of nitrogens with two attached hydrogens (primary N) is 1. The van der Waals surface area contributed by atoms with E-state index in [0.29, 0.717) is 18.9 Å². The number of carbonyl (C=O) groups is 1. The Balaban J connectivity index is 1.96. The van der Waals surface area contributed by atoms with Gasteiger partial charge in [-0.2, -0.15) is 0 Å². The fraction of sp³-hybridized carbons (Fsp3) is 0.300. The minimum absolute atomic E-state index is 0.188. The Bertz CT molecular complexity index is 367. The zero-order chi connectivity index (χ0) is 10.7. The van der Waals surface area contributed by atoms with Gasteiger partial charge in [0, 0.05) is 0 Å². The van der Waals surface area contributed by atoms with Crippen molar-refractivity contribution in [2.45, 2.75) is 6.10 Å². The molecule has 1 aliphatic rings. The van der Waals surface area contributed by atoms with Crippen LogP contribution in [0, 0.1) is 0 Å². The highest BCUT2D eigenvalue weighted by molar-refractivity contribution is 5.71. The first kappa shape index (κ1) is 9.64. The average Bonchev–Trinajstić information content (AvgIpc) is 2.26. The van der Waals surface area contributed by atoms with E-state index in [4.69, 9.17) is 15.2 Å². The molecule has 0 saturated carbocycles. The van der Waals surface area contributed by atoms with Crippen LogP contribution in [0.15, 0.2) is 24.3 Å². The number of carbonyl (C=O) groups excluding carboxylic acids is 1. The summed E-state index contributed by atoms with van der Waals surface area (Å²) in [6, 6.07) is 6.85. The molecule has 0 fully saturated rings. The maximum Gasteiger partial charge on any atom is 0.312 e. The number of para-hydroxylation sites is 2. The molecule has 2 amide bonds. The van der Waals surface area contributed by atoms with E-state index in [0.717, 1.165) is 5.75 Å². The fourth-order valence-electron chi connectivity index (χ4n) is 1.38. The highest BCUT2D eigenvalue weighted by atomic mass is 16.6. The summed E-state index contributed by atoms with van der Waals surface area (Å²) < 4.78 is 11.0. The quantitative estimate of drug-likeness (QED) is 0.743. The van der Waals surface area contributed by atoms with Crippen molar-refractivity contribution in [3.8, 4) is 11.5 Å². The zero-order valence-electron chi connectivity index (χ0n) is 8.10. The van der Waals surface area contributed by atoms with Crippen LogP contribution in [-0.2, 0) is 0 Å². The molecule has 1 heterocycles. The number of amides is 2. The van der Waals surface area contributed by atoms with Crippen molar-refractivity contribution in [2.24, 2.45) is 5.73 Å². The van der Waals surface area contributed by atoms with Gasteiger partial charge >= 0.3 is 6.03 Å². The Kier molecular flexibility index (Phi) is 2.62. The van der Waals surface area contributed by atoms with E-state index in [1.54, 1.807) is 0 Å². The van der Waals surface area contributed by atoms with Crippen LogP contribution in [-0.4, -0.2) is 25.3 Å². The predicted octanol–water partition coefficient (Wildman–Crippen LogP) is 0.495. The van der Waals surface area contributed by atoms with Crippen LogP contribution in [0.25, 0.3) is 0 Å². The van der Waals surface area contributed by atoms with Crippen molar-refractivity contribution in [2.75, 3.05) is 13.2 Å². The van der Waals surface area contributed by atoms with Crippen LogP contribution < -0.4 is 20.5 Å². The summed E-state index contributed by atoms with van der Waals surface area (Å²) in [6.45, 7) is 0.765. The average molecular weight is 208 g/mol. The molecule has 80 valence electrons. The molecule has 0 aliphatic carbocycles. The molecular weight excluding hydrogens is 196 g/mol. The minimum Gasteiger partial charge on any atom is -0.486 e. The first-order valence-corrected chi connectivity index (χ1v) is 4.67. The van der Waals surface area contributed by atoms with Gasteiger partial charge in [0.1, 0.15) is 6.61 Å². The Morgan fingerprint density at radius 1 is 1.47 bits per heavy atom. The lowest BCUT2D eigenvalue weighted by Crippen LogP contribution is -2.42. The minimum atomic E-state index is -0.558. The van der Waals surface area contributed by atoms with Gasteiger partial charge in [-0.25, -0.2) is 4.79 Å². The highest BCUT2D eigenvalue weighted by Gasteiger charge is 2.20. The summed E-state index contributed by atoms with van der Waals surface area (Å²) in [7, 11) is 0. The molecule has 1 atom stereocenters. The van der Waals surface area contributed by atoms with Gasteiger partial charge in [0.25, 0.3) is 0 Å². The summed E-state index contributed by atoms with van der Waals surface area (Å²) in [4.78, 5) is 10.5. The number of benzene rings is 1. The summed E-state index contributed by atoms with van der Waals surface area (Å²) in [6.07, 6.45) is -0.188. The third kappa shape index (κ3) is 2.31. The van der Waals surface area contributed by atoms with Gasteiger partial charge in [0.15, 0.2) is 17.6 Å². The molecule has 15 heavy (non-hydrogen) atoms. The van der Waals surface area contributed by atoms with Crippen molar-refractivity contribution in [3.05, 3.63) is 24.3 Å². The van der Waals surface area contributed by atoms with Gasteiger partial charge in [-0.3, -0.25) is 0 Å². The van der Waals surface area contributed by atoms with Crippen LogP contribution in [0.4, 0.5) is 4.79 Å².